The van der Waals surface area contributed by atoms with Crippen LogP contribution in [0, 0.1) is 46.6 Å². The lowest BCUT2D eigenvalue weighted by Gasteiger charge is -2.13. The maximum atomic E-state index is 11.4. The summed E-state index contributed by atoms with van der Waals surface area (Å²) in [5.41, 5.74) is 3.35. The van der Waals surface area contributed by atoms with E-state index in [-0.39, 0.29) is 17.4 Å². The van der Waals surface area contributed by atoms with Gasteiger partial charge in [-0.05, 0) is 73.0 Å². The fourth-order valence-corrected chi connectivity index (χ4v) is 2.97. The number of aromatic nitrogens is 1. The highest BCUT2D eigenvalue weighted by Crippen LogP contribution is 2.33. The van der Waals surface area contributed by atoms with E-state index in [9.17, 15) is 10.1 Å². The molecular weight excluding hydrogens is 394 g/mol. The molecule has 0 aliphatic carbocycles. The Kier molecular flexibility index (Phi) is 6.24. The number of benzene rings is 2. The van der Waals surface area contributed by atoms with E-state index in [4.69, 9.17) is 15.3 Å². The van der Waals surface area contributed by atoms with Gasteiger partial charge in [0.05, 0.1) is 22.6 Å². The predicted molar refractivity (Wildman–Crippen MR) is 116 cm³/mol. The second-order valence-electron chi connectivity index (χ2n) is 6.64. The van der Waals surface area contributed by atoms with Crippen LogP contribution in [-0.2, 0) is 0 Å². The number of nitriles is 2. The Morgan fingerprint density at radius 2 is 1.77 bits per heavy atom. The zero-order chi connectivity index (χ0) is 22.4. The lowest BCUT2D eigenvalue weighted by atomic mass is 10.1. The smallest absolute Gasteiger partial charge is 0.311 e. The van der Waals surface area contributed by atoms with Gasteiger partial charge in [0.2, 0.25) is 11.7 Å². The Labute approximate surface area is 178 Å². The Balaban J connectivity index is 1.93. The van der Waals surface area contributed by atoms with Crippen LogP contribution in [0.25, 0.3) is 6.08 Å². The minimum Gasteiger partial charge on any atom is -0.438 e. The molecule has 0 atom stereocenters. The Bertz CT molecular complexity index is 1230. The van der Waals surface area contributed by atoms with Crippen LogP contribution >= 0.6 is 0 Å². The van der Waals surface area contributed by atoms with Crippen molar-refractivity contribution in [1.82, 2.24) is 4.98 Å². The van der Waals surface area contributed by atoms with Crippen LogP contribution < -0.4 is 10.1 Å². The molecule has 0 fully saturated rings. The zero-order valence-electron chi connectivity index (χ0n) is 16.8. The molecule has 0 saturated carbocycles. The van der Waals surface area contributed by atoms with E-state index in [0.29, 0.717) is 17.0 Å². The summed E-state index contributed by atoms with van der Waals surface area (Å²) in [6.45, 7) is 3.74. The van der Waals surface area contributed by atoms with Gasteiger partial charge in [-0.15, -0.1) is 0 Å². The number of rotatable bonds is 6. The van der Waals surface area contributed by atoms with Gasteiger partial charge in [-0.3, -0.25) is 10.1 Å². The maximum absolute atomic E-state index is 11.4. The van der Waals surface area contributed by atoms with Crippen molar-refractivity contribution in [2.24, 2.45) is 0 Å². The Morgan fingerprint density at radius 1 is 1.10 bits per heavy atom. The highest BCUT2D eigenvalue weighted by molar-refractivity contribution is 5.67. The van der Waals surface area contributed by atoms with E-state index in [1.165, 1.54) is 18.2 Å². The summed E-state index contributed by atoms with van der Waals surface area (Å²) in [5.74, 6) is 0.795. The molecule has 0 aliphatic heterocycles. The fourth-order valence-electron chi connectivity index (χ4n) is 2.97. The standard InChI is InChI=1S/C23H17N5O3/c1-15-12-18(4-3-11-24)13-16(2)22(15)31-21-10-9-20(28(29)30)23(27-21)26-19-7-5-17(14-25)6-8-19/h3-10,12-13H,1-2H3,(H,26,27)/b4-3+. The molecule has 0 amide bonds. The molecule has 1 aromatic heterocycles. The van der Waals surface area contributed by atoms with Crippen molar-refractivity contribution in [3.63, 3.8) is 0 Å². The van der Waals surface area contributed by atoms with Crippen LogP contribution in [0.3, 0.4) is 0 Å². The van der Waals surface area contributed by atoms with E-state index < -0.39 is 4.92 Å². The third kappa shape index (κ3) is 5.03. The van der Waals surface area contributed by atoms with Crippen LogP contribution in [0.2, 0.25) is 0 Å². The number of nitrogens with zero attached hydrogens (tertiary/aromatic N) is 4. The van der Waals surface area contributed by atoms with Crippen molar-refractivity contribution < 1.29 is 9.66 Å². The van der Waals surface area contributed by atoms with Gasteiger partial charge in [0.25, 0.3) is 0 Å². The highest BCUT2D eigenvalue weighted by Gasteiger charge is 2.18. The number of nitro groups is 1. The first-order valence-corrected chi connectivity index (χ1v) is 9.19. The summed E-state index contributed by atoms with van der Waals surface area (Å²) in [6.07, 6.45) is 3.10. The third-order valence-corrected chi connectivity index (χ3v) is 4.36. The van der Waals surface area contributed by atoms with Crippen molar-refractivity contribution in [3.05, 3.63) is 87.0 Å². The number of anilines is 2. The lowest BCUT2D eigenvalue weighted by molar-refractivity contribution is -0.384. The molecule has 152 valence electrons. The minimum absolute atomic E-state index is 0.0242. The molecule has 1 N–H and O–H groups in total. The molecule has 3 rings (SSSR count). The molecule has 0 radical (unpaired) electrons. The van der Waals surface area contributed by atoms with Crippen LogP contribution in [0.4, 0.5) is 17.2 Å². The topological polar surface area (TPSA) is 125 Å². The Morgan fingerprint density at radius 3 is 2.35 bits per heavy atom. The average Bonchev–Trinajstić information content (AvgIpc) is 2.75. The second kappa shape index (κ2) is 9.21. The lowest BCUT2D eigenvalue weighted by Crippen LogP contribution is -2.02. The number of hydrogen-bond donors (Lipinski definition) is 1. The number of aryl methyl sites for hydroxylation is 2. The maximum Gasteiger partial charge on any atom is 0.311 e. The van der Waals surface area contributed by atoms with Gasteiger partial charge in [-0.25, -0.2) is 0 Å². The van der Waals surface area contributed by atoms with Gasteiger partial charge in [0.1, 0.15) is 5.75 Å². The SMILES string of the molecule is Cc1cc(/C=C/C#N)cc(C)c1Oc1ccc([N+](=O)[O-])c(Nc2ccc(C#N)cc2)n1. The monoisotopic (exact) mass is 411 g/mol. The van der Waals surface area contributed by atoms with Crippen molar-refractivity contribution in [1.29, 1.82) is 10.5 Å². The molecule has 0 spiro atoms. The largest absolute Gasteiger partial charge is 0.438 e. The van der Waals surface area contributed by atoms with Crippen LogP contribution in [0.1, 0.15) is 22.3 Å². The molecule has 31 heavy (non-hydrogen) atoms. The Hall–Kier alpha value is -4.69. The molecular formula is C23H17N5O3. The molecule has 0 aliphatic rings. The van der Waals surface area contributed by atoms with Gasteiger partial charge >= 0.3 is 5.69 Å². The van der Waals surface area contributed by atoms with Crippen molar-refractivity contribution >= 4 is 23.3 Å². The van der Waals surface area contributed by atoms with Gasteiger partial charge in [-0.1, -0.05) is 0 Å². The highest BCUT2D eigenvalue weighted by atomic mass is 16.6. The zero-order valence-corrected chi connectivity index (χ0v) is 16.8. The quantitative estimate of drug-likeness (QED) is 0.320. The number of hydrogen-bond acceptors (Lipinski definition) is 7. The van der Waals surface area contributed by atoms with E-state index in [1.807, 2.05) is 38.1 Å². The van der Waals surface area contributed by atoms with Gasteiger partial charge in [0, 0.05) is 23.9 Å². The van der Waals surface area contributed by atoms with E-state index in [0.717, 1.165) is 16.7 Å². The van der Waals surface area contributed by atoms with Crippen molar-refractivity contribution in [2.75, 3.05) is 5.32 Å². The van der Waals surface area contributed by atoms with Gasteiger partial charge in [0.15, 0.2) is 0 Å². The number of ether oxygens (including phenoxy) is 1. The summed E-state index contributed by atoms with van der Waals surface area (Å²) < 4.78 is 5.94. The minimum atomic E-state index is -0.532. The summed E-state index contributed by atoms with van der Waals surface area (Å²) in [7, 11) is 0. The first-order chi connectivity index (χ1) is 14.9. The molecule has 0 bridgehead atoms. The van der Waals surface area contributed by atoms with E-state index >= 15 is 0 Å². The average molecular weight is 411 g/mol. The van der Waals surface area contributed by atoms with Crippen LogP contribution in [-0.4, -0.2) is 9.91 Å². The van der Waals surface area contributed by atoms with Crippen LogP contribution in [0.15, 0.2) is 54.6 Å². The number of nitrogens with one attached hydrogen (secondary N) is 1. The van der Waals surface area contributed by atoms with Crippen molar-refractivity contribution in [3.8, 4) is 23.8 Å². The molecule has 0 saturated heterocycles. The summed E-state index contributed by atoms with van der Waals surface area (Å²) in [6, 6.07) is 17.0. The molecule has 1 heterocycles. The summed E-state index contributed by atoms with van der Waals surface area (Å²) >= 11 is 0. The van der Waals surface area contributed by atoms with Gasteiger partial charge < -0.3 is 10.1 Å². The predicted octanol–water partition coefficient (Wildman–Crippen LogP) is 5.55. The normalized spacial score (nSPS) is 10.3. The summed E-state index contributed by atoms with van der Waals surface area (Å²) in [5, 5.41) is 31.9. The molecule has 8 heteroatoms. The van der Waals surface area contributed by atoms with Crippen molar-refractivity contribution in [2.45, 2.75) is 13.8 Å². The van der Waals surface area contributed by atoms with Gasteiger partial charge in [-0.2, -0.15) is 15.5 Å². The first-order valence-electron chi connectivity index (χ1n) is 9.19. The van der Waals surface area contributed by atoms with Crippen LogP contribution in [0.5, 0.6) is 11.6 Å². The second-order valence-corrected chi connectivity index (χ2v) is 6.64. The third-order valence-electron chi connectivity index (χ3n) is 4.36. The summed E-state index contributed by atoms with van der Waals surface area (Å²) in [4.78, 5) is 15.2. The molecule has 8 nitrogen and oxygen atoms in total. The van der Waals surface area contributed by atoms with E-state index in [1.54, 1.807) is 30.3 Å². The molecule has 2 aromatic carbocycles. The fraction of sp³-hybridized carbons (Fsp3) is 0.0870. The van der Waals surface area contributed by atoms with E-state index in [2.05, 4.69) is 10.3 Å². The molecule has 0 unspecified atom stereocenters. The number of allylic oxidation sites excluding steroid dienone is 1. The molecule has 3 aromatic rings. The number of pyridine rings is 1. The first kappa shape index (κ1) is 21.0.